The zero-order valence-electron chi connectivity index (χ0n) is 12.9. The SMILES string of the molecule is Oc1ccccc1-c1cc2c(C#Cc3ccnc(F)c3)c[nH]c2nn1. The molecule has 0 aliphatic carbocycles. The molecule has 3 heterocycles. The standard InChI is InChI=1S/C19H11FN4O/c20-18-9-12(7-8-21-18)5-6-13-11-22-19-15(13)10-16(23-24-19)14-3-1-2-4-17(14)25/h1-4,7-11,25H,(H,22,24). The van der Waals surface area contributed by atoms with Crippen molar-refractivity contribution in [2.75, 3.05) is 0 Å². The van der Waals surface area contributed by atoms with Crippen LogP contribution in [0, 0.1) is 17.8 Å². The summed E-state index contributed by atoms with van der Waals surface area (Å²) in [7, 11) is 0. The Bertz CT molecular complexity index is 1140. The number of pyridine rings is 1. The van der Waals surface area contributed by atoms with Gasteiger partial charge in [-0.1, -0.05) is 24.0 Å². The number of aromatic hydroxyl groups is 1. The molecule has 0 saturated heterocycles. The molecule has 0 unspecified atom stereocenters. The summed E-state index contributed by atoms with van der Waals surface area (Å²) in [6, 6.07) is 11.6. The summed E-state index contributed by atoms with van der Waals surface area (Å²) in [6.45, 7) is 0. The molecule has 3 aromatic heterocycles. The summed E-state index contributed by atoms with van der Waals surface area (Å²) in [5.74, 6) is 5.46. The van der Waals surface area contributed by atoms with Crippen LogP contribution in [0.5, 0.6) is 5.75 Å². The highest BCUT2D eigenvalue weighted by Gasteiger charge is 2.10. The highest BCUT2D eigenvalue weighted by atomic mass is 19.1. The smallest absolute Gasteiger partial charge is 0.214 e. The summed E-state index contributed by atoms with van der Waals surface area (Å²) < 4.78 is 13.1. The number of rotatable bonds is 1. The Kier molecular flexibility index (Phi) is 3.60. The number of hydrogen-bond donors (Lipinski definition) is 2. The van der Waals surface area contributed by atoms with Crippen molar-refractivity contribution in [2.24, 2.45) is 0 Å². The Morgan fingerprint density at radius 3 is 2.76 bits per heavy atom. The number of hydrogen-bond acceptors (Lipinski definition) is 4. The van der Waals surface area contributed by atoms with Crippen LogP contribution in [0.2, 0.25) is 0 Å². The summed E-state index contributed by atoms with van der Waals surface area (Å²) in [5.41, 5.74) is 2.96. The van der Waals surface area contributed by atoms with E-state index in [0.29, 0.717) is 28.0 Å². The maximum Gasteiger partial charge on any atom is 0.214 e. The van der Waals surface area contributed by atoms with E-state index in [2.05, 4.69) is 32.0 Å². The van der Waals surface area contributed by atoms with Crippen LogP contribution in [-0.4, -0.2) is 25.3 Å². The Morgan fingerprint density at radius 1 is 1.04 bits per heavy atom. The van der Waals surface area contributed by atoms with E-state index < -0.39 is 5.95 Å². The molecule has 2 N–H and O–H groups in total. The zero-order chi connectivity index (χ0) is 17.2. The number of aromatic nitrogens is 4. The third-order valence-electron chi connectivity index (χ3n) is 3.69. The fourth-order valence-electron chi connectivity index (χ4n) is 2.47. The van der Waals surface area contributed by atoms with E-state index >= 15 is 0 Å². The van der Waals surface area contributed by atoms with Crippen LogP contribution in [-0.2, 0) is 0 Å². The Labute approximate surface area is 142 Å². The molecule has 0 spiro atoms. The van der Waals surface area contributed by atoms with Gasteiger partial charge in [0.15, 0.2) is 5.65 Å². The number of fused-ring (bicyclic) bond motifs is 1. The van der Waals surface area contributed by atoms with Gasteiger partial charge in [0.25, 0.3) is 0 Å². The molecule has 5 nitrogen and oxygen atoms in total. The number of phenolic OH excluding ortho intramolecular Hbond substituents is 1. The van der Waals surface area contributed by atoms with Crippen molar-refractivity contribution >= 4 is 11.0 Å². The van der Waals surface area contributed by atoms with Crippen molar-refractivity contribution in [3.05, 3.63) is 71.9 Å². The first-order valence-electron chi connectivity index (χ1n) is 7.47. The van der Waals surface area contributed by atoms with E-state index in [0.717, 1.165) is 5.39 Å². The number of para-hydroxylation sites is 1. The van der Waals surface area contributed by atoms with Gasteiger partial charge in [-0.05, 0) is 24.3 Å². The lowest BCUT2D eigenvalue weighted by Gasteiger charge is -2.02. The minimum absolute atomic E-state index is 0.131. The molecular formula is C19H11FN4O. The second-order valence-electron chi connectivity index (χ2n) is 5.33. The molecule has 0 atom stereocenters. The highest BCUT2D eigenvalue weighted by molar-refractivity contribution is 5.86. The molecule has 0 fully saturated rings. The Balaban J connectivity index is 1.79. The number of aromatic amines is 1. The van der Waals surface area contributed by atoms with Gasteiger partial charge in [-0.2, -0.15) is 4.39 Å². The van der Waals surface area contributed by atoms with Crippen molar-refractivity contribution in [1.82, 2.24) is 20.2 Å². The minimum Gasteiger partial charge on any atom is -0.507 e. The topological polar surface area (TPSA) is 74.7 Å². The predicted molar refractivity (Wildman–Crippen MR) is 91.2 cm³/mol. The van der Waals surface area contributed by atoms with E-state index in [1.807, 2.05) is 12.1 Å². The molecule has 0 bridgehead atoms. The van der Waals surface area contributed by atoms with Gasteiger partial charge in [0.05, 0.1) is 11.3 Å². The molecule has 0 aliphatic rings. The normalized spacial score (nSPS) is 10.4. The lowest BCUT2D eigenvalue weighted by Crippen LogP contribution is -1.89. The van der Waals surface area contributed by atoms with Crippen molar-refractivity contribution in [1.29, 1.82) is 0 Å². The second kappa shape index (κ2) is 6.06. The third kappa shape index (κ3) is 2.91. The fourth-order valence-corrected chi connectivity index (χ4v) is 2.47. The monoisotopic (exact) mass is 330 g/mol. The summed E-state index contributed by atoms with van der Waals surface area (Å²) in [5, 5.41) is 19.0. The van der Waals surface area contributed by atoms with Crippen LogP contribution in [0.25, 0.3) is 22.3 Å². The van der Waals surface area contributed by atoms with Gasteiger partial charge in [0, 0.05) is 35.0 Å². The van der Waals surface area contributed by atoms with Gasteiger partial charge in [-0.3, -0.25) is 0 Å². The summed E-state index contributed by atoms with van der Waals surface area (Å²) in [4.78, 5) is 6.51. The number of benzene rings is 1. The second-order valence-corrected chi connectivity index (χ2v) is 5.33. The Morgan fingerprint density at radius 2 is 1.92 bits per heavy atom. The van der Waals surface area contributed by atoms with Crippen molar-refractivity contribution in [3.8, 4) is 28.8 Å². The van der Waals surface area contributed by atoms with Crippen molar-refractivity contribution < 1.29 is 9.50 Å². The summed E-state index contributed by atoms with van der Waals surface area (Å²) >= 11 is 0. The lowest BCUT2D eigenvalue weighted by atomic mass is 10.1. The van der Waals surface area contributed by atoms with E-state index in [4.69, 9.17) is 0 Å². The maximum absolute atomic E-state index is 13.1. The van der Waals surface area contributed by atoms with Gasteiger partial charge >= 0.3 is 0 Å². The fraction of sp³-hybridized carbons (Fsp3) is 0. The number of nitrogens with zero attached hydrogens (tertiary/aromatic N) is 3. The molecule has 0 aliphatic heterocycles. The molecule has 120 valence electrons. The first kappa shape index (κ1) is 14.8. The zero-order valence-corrected chi connectivity index (χ0v) is 12.9. The van der Waals surface area contributed by atoms with Crippen LogP contribution >= 0.6 is 0 Å². The quantitative estimate of drug-likeness (QED) is 0.415. The first-order valence-corrected chi connectivity index (χ1v) is 7.47. The molecule has 1 aromatic carbocycles. The number of H-pyrrole nitrogens is 1. The third-order valence-corrected chi connectivity index (χ3v) is 3.69. The lowest BCUT2D eigenvalue weighted by molar-refractivity contribution is 0.477. The number of phenols is 1. The molecule has 0 amide bonds. The predicted octanol–water partition coefficient (Wildman–Crippen LogP) is 3.26. The molecule has 4 aromatic rings. The van der Waals surface area contributed by atoms with E-state index in [-0.39, 0.29) is 5.75 Å². The van der Waals surface area contributed by atoms with Crippen LogP contribution < -0.4 is 0 Å². The van der Waals surface area contributed by atoms with E-state index in [9.17, 15) is 9.50 Å². The molecule has 25 heavy (non-hydrogen) atoms. The first-order chi connectivity index (χ1) is 12.2. The van der Waals surface area contributed by atoms with Crippen molar-refractivity contribution in [3.63, 3.8) is 0 Å². The molecule has 0 radical (unpaired) electrons. The van der Waals surface area contributed by atoms with Gasteiger partial charge in [-0.15, -0.1) is 10.2 Å². The Hall–Kier alpha value is -3.72. The molecule has 6 heteroatoms. The van der Waals surface area contributed by atoms with Crippen molar-refractivity contribution in [2.45, 2.75) is 0 Å². The van der Waals surface area contributed by atoms with Gasteiger partial charge in [-0.25, -0.2) is 4.98 Å². The van der Waals surface area contributed by atoms with Gasteiger partial charge in [0.2, 0.25) is 5.95 Å². The average molecular weight is 330 g/mol. The molecular weight excluding hydrogens is 319 g/mol. The number of nitrogens with one attached hydrogen (secondary N) is 1. The summed E-state index contributed by atoms with van der Waals surface area (Å²) in [6.07, 6.45) is 3.09. The average Bonchev–Trinajstić information content (AvgIpc) is 3.03. The molecule has 4 rings (SSSR count). The maximum atomic E-state index is 13.1. The van der Waals surface area contributed by atoms with Crippen LogP contribution in [0.3, 0.4) is 0 Å². The number of halogens is 1. The van der Waals surface area contributed by atoms with Gasteiger partial charge in [0.1, 0.15) is 5.75 Å². The van der Waals surface area contributed by atoms with Crippen LogP contribution in [0.4, 0.5) is 4.39 Å². The van der Waals surface area contributed by atoms with Gasteiger partial charge < -0.3 is 10.1 Å². The van der Waals surface area contributed by atoms with Crippen LogP contribution in [0.15, 0.2) is 54.9 Å². The molecule has 0 saturated carbocycles. The van der Waals surface area contributed by atoms with Crippen LogP contribution in [0.1, 0.15) is 11.1 Å². The highest BCUT2D eigenvalue weighted by Crippen LogP contribution is 2.28. The largest absolute Gasteiger partial charge is 0.507 e. The van der Waals surface area contributed by atoms with E-state index in [1.165, 1.54) is 12.3 Å². The van der Waals surface area contributed by atoms with E-state index in [1.54, 1.807) is 30.5 Å². The minimum atomic E-state index is -0.571.